The summed E-state index contributed by atoms with van der Waals surface area (Å²) in [6, 6.07) is 1.20. The Morgan fingerprint density at radius 2 is 1.86 bits per heavy atom. The predicted molar refractivity (Wildman–Crippen MR) is 60.1 cm³/mol. The fourth-order valence-electron chi connectivity index (χ4n) is 2.72. The number of hydrogen-bond donors (Lipinski definition) is 1. The molecule has 1 saturated heterocycles. The number of nitrogens with zero attached hydrogens (tertiary/aromatic N) is 1. The molecule has 1 aliphatic heterocycles. The Morgan fingerprint density at radius 3 is 2.43 bits per heavy atom. The zero-order valence-electron chi connectivity index (χ0n) is 9.58. The van der Waals surface area contributed by atoms with E-state index in [9.17, 15) is 0 Å². The van der Waals surface area contributed by atoms with Crippen LogP contribution in [0.25, 0.3) is 0 Å². The van der Waals surface area contributed by atoms with Crippen molar-refractivity contribution >= 4 is 0 Å². The second-order valence-corrected chi connectivity index (χ2v) is 5.33. The molecule has 0 bridgehead atoms. The van der Waals surface area contributed by atoms with Crippen molar-refractivity contribution in [3.8, 4) is 0 Å². The zero-order valence-corrected chi connectivity index (χ0v) is 9.58. The smallest absolute Gasteiger partial charge is 0.00953 e. The molecular formula is C12H24N2. The van der Waals surface area contributed by atoms with E-state index >= 15 is 0 Å². The Balaban J connectivity index is 1.86. The van der Waals surface area contributed by atoms with E-state index in [4.69, 9.17) is 5.73 Å². The lowest BCUT2D eigenvalue weighted by Gasteiger charge is -2.38. The first-order chi connectivity index (χ1) is 6.68. The van der Waals surface area contributed by atoms with Crippen LogP contribution in [0.2, 0.25) is 0 Å². The Hall–Kier alpha value is -0.0800. The van der Waals surface area contributed by atoms with Crippen LogP contribution in [0.3, 0.4) is 0 Å². The molecule has 0 amide bonds. The van der Waals surface area contributed by atoms with Crippen molar-refractivity contribution in [2.75, 3.05) is 13.1 Å². The fraction of sp³-hybridized carbons (Fsp3) is 1.00. The molecule has 1 saturated carbocycles. The zero-order chi connectivity index (χ0) is 10.1. The van der Waals surface area contributed by atoms with E-state index < -0.39 is 0 Å². The Labute approximate surface area is 87.8 Å². The van der Waals surface area contributed by atoms with Gasteiger partial charge in [0.15, 0.2) is 0 Å². The van der Waals surface area contributed by atoms with Crippen LogP contribution >= 0.6 is 0 Å². The number of piperidine rings is 1. The molecule has 82 valence electrons. The second kappa shape index (κ2) is 4.19. The van der Waals surface area contributed by atoms with Gasteiger partial charge in [-0.3, -0.25) is 0 Å². The van der Waals surface area contributed by atoms with E-state index in [1.54, 1.807) is 0 Å². The van der Waals surface area contributed by atoms with Gasteiger partial charge >= 0.3 is 0 Å². The minimum atomic E-state index is 0.379. The average Bonchev–Trinajstić information content (AvgIpc) is 3.00. The van der Waals surface area contributed by atoms with E-state index in [1.807, 2.05) is 0 Å². The van der Waals surface area contributed by atoms with Gasteiger partial charge in [0, 0.05) is 18.6 Å². The molecular weight excluding hydrogens is 172 g/mol. The monoisotopic (exact) mass is 196 g/mol. The molecule has 2 fully saturated rings. The maximum absolute atomic E-state index is 5.99. The largest absolute Gasteiger partial charge is 0.328 e. The summed E-state index contributed by atoms with van der Waals surface area (Å²) in [6.45, 7) is 7.12. The molecule has 2 rings (SSSR count). The summed E-state index contributed by atoms with van der Waals surface area (Å²) >= 11 is 0. The topological polar surface area (TPSA) is 29.3 Å². The molecule has 3 atom stereocenters. The van der Waals surface area contributed by atoms with Crippen LogP contribution in [-0.2, 0) is 0 Å². The van der Waals surface area contributed by atoms with Gasteiger partial charge in [-0.05, 0) is 57.9 Å². The van der Waals surface area contributed by atoms with E-state index in [-0.39, 0.29) is 0 Å². The van der Waals surface area contributed by atoms with Crippen LogP contribution in [0.1, 0.15) is 39.5 Å². The minimum Gasteiger partial charge on any atom is -0.328 e. The highest BCUT2D eigenvalue weighted by Crippen LogP contribution is 2.36. The molecule has 0 aromatic rings. The molecule has 3 unspecified atom stereocenters. The van der Waals surface area contributed by atoms with Crippen molar-refractivity contribution in [3.05, 3.63) is 0 Å². The summed E-state index contributed by atoms with van der Waals surface area (Å²) in [4.78, 5) is 2.68. The van der Waals surface area contributed by atoms with Gasteiger partial charge in [0.1, 0.15) is 0 Å². The number of hydrogen-bond acceptors (Lipinski definition) is 2. The van der Waals surface area contributed by atoms with Crippen molar-refractivity contribution < 1.29 is 0 Å². The van der Waals surface area contributed by atoms with E-state index in [1.165, 1.54) is 38.8 Å². The maximum atomic E-state index is 5.99. The van der Waals surface area contributed by atoms with Crippen LogP contribution < -0.4 is 5.73 Å². The van der Waals surface area contributed by atoms with Crippen LogP contribution in [0, 0.1) is 11.8 Å². The average molecular weight is 196 g/mol. The summed E-state index contributed by atoms with van der Waals surface area (Å²) in [5.74, 6) is 1.74. The first-order valence-electron chi connectivity index (χ1n) is 6.18. The standard InChI is InChI=1S/C12H24N2/c1-9(13)12-4-3-7-14(8-12)10(2)11-5-6-11/h9-12H,3-8,13H2,1-2H3. The van der Waals surface area contributed by atoms with Gasteiger partial charge in [0.05, 0.1) is 0 Å². The van der Waals surface area contributed by atoms with Crippen LogP contribution in [0.4, 0.5) is 0 Å². The molecule has 0 aromatic carbocycles. The molecule has 0 spiro atoms. The molecule has 0 radical (unpaired) electrons. The third kappa shape index (κ3) is 2.29. The molecule has 0 aromatic heterocycles. The molecule has 1 aliphatic carbocycles. The highest BCUT2D eigenvalue weighted by atomic mass is 15.2. The van der Waals surface area contributed by atoms with Crippen molar-refractivity contribution in [2.24, 2.45) is 17.6 Å². The lowest BCUT2D eigenvalue weighted by Crippen LogP contribution is -2.46. The van der Waals surface area contributed by atoms with Gasteiger partial charge in [-0.2, -0.15) is 0 Å². The molecule has 2 heteroatoms. The van der Waals surface area contributed by atoms with Gasteiger partial charge in [-0.25, -0.2) is 0 Å². The first-order valence-corrected chi connectivity index (χ1v) is 6.18. The van der Waals surface area contributed by atoms with E-state index in [0.29, 0.717) is 6.04 Å². The Morgan fingerprint density at radius 1 is 1.14 bits per heavy atom. The molecule has 2 aliphatic rings. The van der Waals surface area contributed by atoms with Crippen LogP contribution in [0.5, 0.6) is 0 Å². The third-order valence-corrected chi connectivity index (χ3v) is 4.11. The van der Waals surface area contributed by atoms with Gasteiger partial charge in [0.25, 0.3) is 0 Å². The van der Waals surface area contributed by atoms with Crippen molar-refractivity contribution in [1.82, 2.24) is 4.90 Å². The van der Waals surface area contributed by atoms with E-state index in [2.05, 4.69) is 18.7 Å². The quantitative estimate of drug-likeness (QED) is 0.746. The maximum Gasteiger partial charge on any atom is 0.00953 e. The molecule has 1 heterocycles. The van der Waals surface area contributed by atoms with Gasteiger partial charge in [-0.15, -0.1) is 0 Å². The van der Waals surface area contributed by atoms with Crippen molar-refractivity contribution in [3.63, 3.8) is 0 Å². The minimum absolute atomic E-state index is 0.379. The second-order valence-electron chi connectivity index (χ2n) is 5.33. The first kappa shape index (κ1) is 10.4. The van der Waals surface area contributed by atoms with Crippen LogP contribution in [0.15, 0.2) is 0 Å². The summed E-state index contributed by atoms with van der Waals surface area (Å²) in [7, 11) is 0. The number of rotatable bonds is 3. The van der Waals surface area contributed by atoms with E-state index in [0.717, 1.165) is 17.9 Å². The third-order valence-electron chi connectivity index (χ3n) is 4.11. The fourth-order valence-corrected chi connectivity index (χ4v) is 2.72. The Bertz CT molecular complexity index is 187. The lowest BCUT2D eigenvalue weighted by molar-refractivity contribution is 0.110. The van der Waals surface area contributed by atoms with Crippen LogP contribution in [-0.4, -0.2) is 30.1 Å². The van der Waals surface area contributed by atoms with Crippen molar-refractivity contribution in [2.45, 2.75) is 51.6 Å². The lowest BCUT2D eigenvalue weighted by atomic mass is 9.91. The molecule has 14 heavy (non-hydrogen) atoms. The normalized spacial score (nSPS) is 34.1. The summed E-state index contributed by atoms with van der Waals surface area (Å²) < 4.78 is 0. The van der Waals surface area contributed by atoms with Crippen molar-refractivity contribution in [1.29, 1.82) is 0 Å². The van der Waals surface area contributed by atoms with Gasteiger partial charge in [0.2, 0.25) is 0 Å². The number of likely N-dealkylation sites (tertiary alicyclic amines) is 1. The highest BCUT2D eigenvalue weighted by Gasteiger charge is 2.34. The summed E-state index contributed by atoms with van der Waals surface area (Å²) in [5.41, 5.74) is 5.99. The SMILES string of the molecule is CC(N)C1CCCN(C(C)C2CC2)C1. The summed E-state index contributed by atoms with van der Waals surface area (Å²) in [6.07, 6.45) is 5.61. The predicted octanol–water partition coefficient (Wildman–Crippen LogP) is 1.84. The Kier molecular flexibility index (Phi) is 3.13. The highest BCUT2D eigenvalue weighted by molar-refractivity contribution is 4.88. The molecule has 2 nitrogen and oxygen atoms in total. The summed E-state index contributed by atoms with van der Waals surface area (Å²) in [5, 5.41) is 0. The van der Waals surface area contributed by atoms with Gasteiger partial charge in [-0.1, -0.05) is 0 Å². The molecule has 2 N–H and O–H groups in total. The number of nitrogens with two attached hydrogens (primary N) is 1. The van der Waals surface area contributed by atoms with Gasteiger partial charge < -0.3 is 10.6 Å².